The Balaban J connectivity index is 1.41. The van der Waals surface area contributed by atoms with Gasteiger partial charge in [-0.3, -0.25) is 8.89 Å². The smallest absolute Gasteiger partial charge is 0.199 e. The molecule has 2 aliphatic carbocycles. The van der Waals surface area contributed by atoms with E-state index in [4.69, 9.17) is 4.98 Å². The van der Waals surface area contributed by atoms with E-state index < -0.39 is 26.6 Å². The normalized spacial score (nSPS) is 22.8. The fourth-order valence-corrected chi connectivity index (χ4v) is 6.93. The quantitative estimate of drug-likeness (QED) is 0.336. The van der Waals surface area contributed by atoms with Crippen molar-refractivity contribution in [1.82, 2.24) is 29.9 Å². The number of hydrogen-bond acceptors (Lipinski definition) is 6. The Bertz CT molecular complexity index is 1660. The summed E-state index contributed by atoms with van der Waals surface area (Å²) in [5.41, 5.74) is 2.57. The summed E-state index contributed by atoms with van der Waals surface area (Å²) in [6.07, 6.45) is 4.99. The molecule has 1 unspecified atom stereocenters. The van der Waals surface area contributed by atoms with Crippen LogP contribution in [0.25, 0.3) is 22.8 Å². The zero-order chi connectivity index (χ0) is 26.9. The molecule has 7 nitrogen and oxygen atoms in total. The fraction of sp³-hybridized carbons (Fsp3) is 0.357. The summed E-state index contributed by atoms with van der Waals surface area (Å²) < 4.78 is 42.7. The highest BCUT2D eigenvalue weighted by Gasteiger charge is 2.65. The Morgan fingerprint density at radius 1 is 1.11 bits per heavy atom. The Labute approximate surface area is 220 Å². The monoisotopic (exact) mass is 534 g/mol. The molecule has 3 heterocycles. The molecule has 6 rings (SSSR count). The first-order valence-electron chi connectivity index (χ1n) is 12.5. The molecule has 1 aromatic carbocycles. The van der Waals surface area contributed by atoms with Gasteiger partial charge in [0.15, 0.2) is 5.82 Å². The molecule has 3 aromatic heterocycles. The van der Waals surface area contributed by atoms with Gasteiger partial charge in [-0.05, 0) is 75.5 Å². The van der Waals surface area contributed by atoms with E-state index in [9.17, 15) is 13.0 Å². The van der Waals surface area contributed by atoms with Gasteiger partial charge >= 0.3 is 0 Å². The summed E-state index contributed by atoms with van der Waals surface area (Å²) in [6.45, 7) is 4.87. The molecule has 0 spiro atoms. The Morgan fingerprint density at radius 3 is 2.58 bits per heavy atom. The van der Waals surface area contributed by atoms with E-state index >= 15 is 0 Å². The van der Waals surface area contributed by atoms with E-state index in [-0.39, 0.29) is 22.6 Å². The maximum atomic E-state index is 14.5. The summed E-state index contributed by atoms with van der Waals surface area (Å²) >= 11 is 0. The van der Waals surface area contributed by atoms with Gasteiger partial charge in [0, 0.05) is 12.0 Å². The summed E-state index contributed by atoms with van der Waals surface area (Å²) in [4.78, 5) is 9.46. The van der Waals surface area contributed by atoms with E-state index in [1.165, 1.54) is 18.2 Å². The average Bonchev–Trinajstić information content (AvgIpc) is 3.50. The van der Waals surface area contributed by atoms with Crippen LogP contribution in [0.2, 0.25) is 0 Å². The minimum absolute atomic E-state index is 0.149. The molecule has 0 aliphatic heterocycles. The fourth-order valence-electron chi connectivity index (χ4n) is 6.36. The van der Waals surface area contributed by atoms with Gasteiger partial charge in [-0.15, -0.1) is 10.2 Å². The highest BCUT2D eigenvalue weighted by Crippen LogP contribution is 2.69. The second-order valence-electron chi connectivity index (χ2n) is 11.0. The summed E-state index contributed by atoms with van der Waals surface area (Å²) in [6, 6.07) is 11.4. The van der Waals surface area contributed by atoms with Gasteiger partial charge in [0.25, 0.3) is 0 Å². The first-order valence-corrected chi connectivity index (χ1v) is 14.8. The van der Waals surface area contributed by atoms with Gasteiger partial charge in [0.05, 0.1) is 34.6 Å². The second-order valence-corrected chi connectivity index (χ2v) is 13.8. The van der Waals surface area contributed by atoms with Crippen LogP contribution in [0.1, 0.15) is 49.6 Å². The third-order valence-corrected chi connectivity index (χ3v) is 9.35. The Kier molecular flexibility index (Phi) is 5.54. The SMILES string of the molecule is C=S(C)(=O)CCn1cnc(-c2cccc([C@@]34CC[C@@H](c5cc(-c6c(F)cccc6F)nnc53)C4(C)C)n2)n1. The minimum Gasteiger partial charge on any atom is -0.268 e. The maximum absolute atomic E-state index is 14.5. The number of aryl methyl sites for hydroxylation is 1. The second kappa shape index (κ2) is 8.49. The summed E-state index contributed by atoms with van der Waals surface area (Å²) in [5.74, 6) is 3.42. The molecule has 0 N–H and O–H groups in total. The predicted octanol–water partition coefficient (Wildman–Crippen LogP) is 4.62. The lowest BCUT2D eigenvalue weighted by Gasteiger charge is -2.37. The summed E-state index contributed by atoms with van der Waals surface area (Å²) in [5, 5.41) is 13.5. The van der Waals surface area contributed by atoms with Crippen LogP contribution in [0.4, 0.5) is 8.78 Å². The highest BCUT2D eigenvalue weighted by atomic mass is 32.2. The van der Waals surface area contributed by atoms with Crippen molar-refractivity contribution >= 4 is 15.4 Å². The molecule has 10 heteroatoms. The topological polar surface area (TPSA) is 86.5 Å². The molecule has 38 heavy (non-hydrogen) atoms. The third-order valence-electron chi connectivity index (χ3n) is 8.31. The standard InChI is InChI=1S/C28H28F2N6OS/c1-27(2)18-11-12-28(27,25-17(18)15-22(33-34-25)24-19(29)7-5-8-20(24)30)23-10-6-9-21(32-23)26-31-16-36(35-26)13-14-38(3,4)37/h5-10,15-16,18H,3,11-14H2,1-2,4H3/t18-,28-,38?/m0/s1. The van der Waals surface area contributed by atoms with Crippen molar-refractivity contribution in [2.45, 2.75) is 44.6 Å². The van der Waals surface area contributed by atoms with E-state index in [0.717, 1.165) is 29.8 Å². The van der Waals surface area contributed by atoms with Gasteiger partial charge in [-0.1, -0.05) is 26.0 Å². The zero-order valence-electron chi connectivity index (χ0n) is 21.5. The van der Waals surface area contributed by atoms with Crippen LogP contribution in [0.15, 0.2) is 48.8 Å². The summed E-state index contributed by atoms with van der Waals surface area (Å²) in [7, 11) is -2.13. The number of hydrogen-bond donors (Lipinski definition) is 0. The molecule has 3 atom stereocenters. The third kappa shape index (κ3) is 3.68. The van der Waals surface area contributed by atoms with Crippen LogP contribution in [-0.2, 0) is 21.5 Å². The van der Waals surface area contributed by atoms with Crippen molar-refractivity contribution < 1.29 is 13.0 Å². The van der Waals surface area contributed by atoms with Crippen LogP contribution in [0, 0.1) is 17.0 Å². The molecule has 0 radical (unpaired) electrons. The number of fused-ring (bicyclic) bond motifs is 5. The van der Waals surface area contributed by atoms with Crippen LogP contribution < -0.4 is 0 Å². The van der Waals surface area contributed by atoms with Crippen molar-refractivity contribution in [3.8, 4) is 22.8 Å². The average molecular weight is 535 g/mol. The number of nitrogens with zero attached hydrogens (tertiary/aromatic N) is 6. The lowest BCUT2D eigenvalue weighted by atomic mass is 9.66. The van der Waals surface area contributed by atoms with Crippen LogP contribution in [-0.4, -0.2) is 52.0 Å². The van der Waals surface area contributed by atoms with Crippen molar-refractivity contribution in [3.05, 3.63) is 77.4 Å². The van der Waals surface area contributed by atoms with Crippen LogP contribution >= 0.6 is 0 Å². The van der Waals surface area contributed by atoms with Crippen molar-refractivity contribution in [3.63, 3.8) is 0 Å². The molecule has 196 valence electrons. The van der Waals surface area contributed by atoms with Crippen LogP contribution in [0.3, 0.4) is 0 Å². The van der Waals surface area contributed by atoms with Crippen LogP contribution in [0.5, 0.6) is 0 Å². The van der Waals surface area contributed by atoms with E-state index in [1.54, 1.807) is 23.3 Å². The van der Waals surface area contributed by atoms with Gasteiger partial charge in [-0.2, -0.15) is 5.10 Å². The lowest BCUT2D eigenvalue weighted by molar-refractivity contribution is 0.243. The maximum Gasteiger partial charge on any atom is 0.199 e. The molecule has 0 amide bonds. The molecular formula is C28H28F2N6OS. The molecule has 0 saturated heterocycles. The first kappa shape index (κ1) is 24.8. The number of halogens is 2. The van der Waals surface area contributed by atoms with Gasteiger partial charge in [-0.25, -0.2) is 18.7 Å². The van der Waals surface area contributed by atoms with E-state index in [2.05, 4.69) is 40.0 Å². The van der Waals surface area contributed by atoms with Gasteiger partial charge < -0.3 is 0 Å². The Morgan fingerprint density at radius 2 is 1.84 bits per heavy atom. The van der Waals surface area contributed by atoms with E-state index in [1.807, 2.05) is 18.2 Å². The largest absolute Gasteiger partial charge is 0.268 e. The molecule has 1 saturated carbocycles. The predicted molar refractivity (Wildman–Crippen MR) is 143 cm³/mol. The minimum atomic E-state index is -2.13. The van der Waals surface area contributed by atoms with E-state index in [0.29, 0.717) is 23.8 Å². The van der Waals surface area contributed by atoms with Crippen molar-refractivity contribution in [2.24, 2.45) is 5.41 Å². The highest BCUT2D eigenvalue weighted by molar-refractivity contribution is 7.99. The number of benzene rings is 1. The van der Waals surface area contributed by atoms with Gasteiger partial charge in [0.2, 0.25) is 0 Å². The molecule has 2 bridgehead atoms. The van der Waals surface area contributed by atoms with Crippen molar-refractivity contribution in [2.75, 3.05) is 12.0 Å². The first-order chi connectivity index (χ1) is 18.0. The lowest BCUT2D eigenvalue weighted by Crippen LogP contribution is -2.37. The van der Waals surface area contributed by atoms with Crippen molar-refractivity contribution in [1.29, 1.82) is 0 Å². The number of aromatic nitrogens is 6. The molecular weight excluding hydrogens is 506 g/mol. The number of pyridine rings is 1. The molecule has 2 aliphatic rings. The zero-order valence-corrected chi connectivity index (χ0v) is 22.3. The molecule has 1 fully saturated rings. The molecule has 4 aromatic rings. The number of rotatable bonds is 6. The Hall–Kier alpha value is -3.53. The van der Waals surface area contributed by atoms with Gasteiger partial charge in [0.1, 0.15) is 23.7 Å².